The molecule has 5 nitrogen and oxygen atoms in total. The minimum atomic E-state index is -0.848. The molecule has 0 N–H and O–H groups in total. The predicted molar refractivity (Wildman–Crippen MR) is 79.9 cm³/mol. The number of cyclic esters (lactones) is 1. The van der Waals surface area contributed by atoms with Gasteiger partial charge < -0.3 is 14.2 Å². The number of esters is 2. The van der Waals surface area contributed by atoms with Crippen LogP contribution in [0.15, 0.2) is 36.4 Å². The first-order valence-electron chi connectivity index (χ1n) is 7.06. The first-order valence-corrected chi connectivity index (χ1v) is 7.06. The van der Waals surface area contributed by atoms with Crippen molar-refractivity contribution >= 4 is 22.7 Å². The van der Waals surface area contributed by atoms with Crippen molar-refractivity contribution < 1.29 is 23.8 Å². The van der Waals surface area contributed by atoms with Gasteiger partial charge in [0.1, 0.15) is 17.4 Å². The zero-order valence-electron chi connectivity index (χ0n) is 12.4. The maximum Gasteiger partial charge on any atom is 0.347 e. The number of rotatable bonds is 3. The summed E-state index contributed by atoms with van der Waals surface area (Å²) in [6, 6.07) is 11.1. The van der Waals surface area contributed by atoms with E-state index >= 15 is 0 Å². The van der Waals surface area contributed by atoms with Crippen LogP contribution in [-0.2, 0) is 14.3 Å². The molecule has 2 aromatic carbocycles. The Morgan fingerprint density at radius 3 is 2.50 bits per heavy atom. The van der Waals surface area contributed by atoms with E-state index in [-0.39, 0.29) is 6.10 Å². The summed E-state index contributed by atoms with van der Waals surface area (Å²) in [5.74, 6) is -0.664. The maximum atomic E-state index is 12.4. The molecule has 0 bridgehead atoms. The van der Waals surface area contributed by atoms with Crippen molar-refractivity contribution in [2.45, 2.75) is 25.6 Å². The van der Waals surface area contributed by atoms with Crippen molar-refractivity contribution in [1.82, 2.24) is 0 Å². The van der Waals surface area contributed by atoms with Crippen LogP contribution in [0.3, 0.4) is 0 Å². The molecule has 114 valence electrons. The summed E-state index contributed by atoms with van der Waals surface area (Å²) in [4.78, 5) is 24.0. The number of methoxy groups -OCH3 is 1. The fraction of sp³-hybridized carbons (Fsp3) is 0.294. The summed E-state index contributed by atoms with van der Waals surface area (Å²) >= 11 is 0. The molecule has 1 saturated heterocycles. The average molecular weight is 300 g/mol. The van der Waals surface area contributed by atoms with E-state index in [0.29, 0.717) is 17.7 Å². The Morgan fingerprint density at radius 1 is 1.23 bits per heavy atom. The highest BCUT2D eigenvalue weighted by atomic mass is 16.6. The predicted octanol–water partition coefficient (Wildman–Crippen LogP) is 2.71. The van der Waals surface area contributed by atoms with Crippen LogP contribution in [0.5, 0.6) is 5.75 Å². The molecular weight excluding hydrogens is 284 g/mol. The van der Waals surface area contributed by atoms with Crippen LogP contribution in [0.4, 0.5) is 0 Å². The molecule has 3 rings (SSSR count). The van der Waals surface area contributed by atoms with Crippen molar-refractivity contribution in [1.29, 1.82) is 0 Å². The molecule has 0 amide bonds. The van der Waals surface area contributed by atoms with Gasteiger partial charge in [-0.05, 0) is 29.8 Å². The van der Waals surface area contributed by atoms with Crippen LogP contribution in [0, 0.1) is 0 Å². The summed E-state index contributed by atoms with van der Waals surface area (Å²) in [5.41, 5.74) is 0.300. The monoisotopic (exact) mass is 300 g/mol. The van der Waals surface area contributed by atoms with Crippen LogP contribution < -0.4 is 4.74 Å². The van der Waals surface area contributed by atoms with Crippen molar-refractivity contribution in [3.8, 4) is 5.75 Å². The van der Waals surface area contributed by atoms with Crippen LogP contribution in [0.2, 0.25) is 0 Å². The van der Waals surface area contributed by atoms with Gasteiger partial charge in [-0.3, -0.25) is 0 Å². The Labute approximate surface area is 127 Å². The number of hydrogen-bond donors (Lipinski definition) is 0. The fourth-order valence-electron chi connectivity index (χ4n) is 2.56. The number of ether oxygens (including phenoxy) is 3. The second kappa shape index (κ2) is 5.67. The quantitative estimate of drug-likeness (QED) is 0.816. The van der Waals surface area contributed by atoms with Gasteiger partial charge in [0.2, 0.25) is 6.10 Å². The topological polar surface area (TPSA) is 61.8 Å². The zero-order chi connectivity index (χ0) is 15.7. The molecule has 0 saturated carbocycles. The van der Waals surface area contributed by atoms with Crippen molar-refractivity contribution in [3.63, 3.8) is 0 Å². The van der Waals surface area contributed by atoms with Gasteiger partial charge in [0, 0.05) is 6.42 Å². The molecule has 2 atom stereocenters. The lowest BCUT2D eigenvalue weighted by Crippen LogP contribution is -2.23. The second-order valence-electron chi connectivity index (χ2n) is 5.28. The fourth-order valence-corrected chi connectivity index (χ4v) is 2.56. The average Bonchev–Trinajstić information content (AvgIpc) is 2.83. The van der Waals surface area contributed by atoms with Gasteiger partial charge in [-0.1, -0.05) is 24.3 Å². The maximum absolute atomic E-state index is 12.4. The highest BCUT2D eigenvalue weighted by molar-refractivity contribution is 5.99. The highest BCUT2D eigenvalue weighted by Crippen LogP contribution is 2.28. The Hall–Kier alpha value is -2.56. The molecule has 1 aliphatic rings. The van der Waals surface area contributed by atoms with Crippen molar-refractivity contribution in [3.05, 3.63) is 42.0 Å². The van der Waals surface area contributed by atoms with E-state index in [1.807, 2.05) is 24.3 Å². The molecule has 0 aliphatic carbocycles. The summed E-state index contributed by atoms with van der Waals surface area (Å²) in [5, 5.41) is 1.86. The molecular formula is C17H16O5. The smallest absolute Gasteiger partial charge is 0.347 e. The lowest BCUT2D eigenvalue weighted by molar-refractivity contribution is -0.147. The van der Waals surface area contributed by atoms with E-state index in [0.717, 1.165) is 10.8 Å². The van der Waals surface area contributed by atoms with Gasteiger partial charge >= 0.3 is 11.9 Å². The third-order valence-corrected chi connectivity index (χ3v) is 3.66. The second-order valence-corrected chi connectivity index (χ2v) is 5.28. The third-order valence-electron chi connectivity index (χ3n) is 3.66. The molecule has 1 fully saturated rings. The summed E-state index contributed by atoms with van der Waals surface area (Å²) in [6.07, 6.45) is -0.706. The lowest BCUT2D eigenvalue weighted by atomic mass is 10.1. The molecule has 2 aromatic rings. The molecule has 0 unspecified atom stereocenters. The first kappa shape index (κ1) is 14.4. The Morgan fingerprint density at radius 2 is 1.91 bits per heavy atom. The Bertz CT molecular complexity index is 737. The van der Waals surface area contributed by atoms with Crippen LogP contribution in [0.1, 0.15) is 23.7 Å². The molecule has 1 heterocycles. The van der Waals surface area contributed by atoms with Gasteiger partial charge in [-0.15, -0.1) is 0 Å². The molecule has 0 radical (unpaired) electrons. The number of carbonyl (C=O) groups is 2. The van der Waals surface area contributed by atoms with E-state index in [9.17, 15) is 9.59 Å². The van der Waals surface area contributed by atoms with E-state index in [1.165, 1.54) is 7.11 Å². The van der Waals surface area contributed by atoms with Gasteiger partial charge in [0.15, 0.2) is 0 Å². The van der Waals surface area contributed by atoms with Gasteiger partial charge in [-0.25, -0.2) is 9.59 Å². The molecule has 22 heavy (non-hydrogen) atoms. The Balaban J connectivity index is 1.91. The largest absolute Gasteiger partial charge is 0.496 e. The normalized spacial score (nSPS) is 20.7. The van der Waals surface area contributed by atoms with E-state index < -0.39 is 18.0 Å². The van der Waals surface area contributed by atoms with Gasteiger partial charge in [0.05, 0.1) is 7.11 Å². The van der Waals surface area contributed by atoms with Crippen molar-refractivity contribution in [2.24, 2.45) is 0 Å². The number of hydrogen-bond acceptors (Lipinski definition) is 5. The molecule has 0 aromatic heterocycles. The minimum absolute atomic E-state index is 0.233. The van der Waals surface area contributed by atoms with Gasteiger partial charge in [-0.2, -0.15) is 0 Å². The third kappa shape index (κ3) is 2.62. The summed E-state index contributed by atoms with van der Waals surface area (Å²) in [7, 11) is 1.49. The number of fused-ring (bicyclic) bond motifs is 1. The van der Waals surface area contributed by atoms with E-state index in [1.54, 1.807) is 19.1 Å². The summed E-state index contributed by atoms with van der Waals surface area (Å²) in [6.45, 7) is 1.77. The first-order chi connectivity index (χ1) is 10.6. The summed E-state index contributed by atoms with van der Waals surface area (Å²) < 4.78 is 15.5. The molecule has 1 aliphatic heterocycles. The van der Waals surface area contributed by atoms with Crippen molar-refractivity contribution in [2.75, 3.05) is 7.11 Å². The van der Waals surface area contributed by atoms with E-state index in [4.69, 9.17) is 14.2 Å². The van der Waals surface area contributed by atoms with Crippen LogP contribution in [0.25, 0.3) is 10.8 Å². The van der Waals surface area contributed by atoms with Crippen LogP contribution in [-0.4, -0.2) is 31.3 Å². The minimum Gasteiger partial charge on any atom is -0.496 e. The highest BCUT2D eigenvalue weighted by Gasteiger charge is 2.35. The van der Waals surface area contributed by atoms with Gasteiger partial charge in [0.25, 0.3) is 0 Å². The van der Waals surface area contributed by atoms with Crippen LogP contribution >= 0.6 is 0 Å². The van der Waals surface area contributed by atoms with E-state index in [2.05, 4.69) is 0 Å². The number of carbonyl (C=O) groups excluding carboxylic acids is 2. The Kier molecular flexibility index (Phi) is 3.71. The number of benzene rings is 2. The zero-order valence-corrected chi connectivity index (χ0v) is 12.4. The lowest BCUT2D eigenvalue weighted by Gasteiger charge is -2.12. The SMILES string of the molecule is COc1cc2ccccc2cc1C(=O)O[C@@H]1C[C@H](C)OC1=O. The standard InChI is InChI=1S/C17H16O5/c1-10-7-15(17(19)21-10)22-16(18)13-8-11-5-3-4-6-12(11)9-14(13)20-2/h3-6,8-10,15H,7H2,1-2H3/t10-,15+/m0/s1. The molecule has 0 spiro atoms. The molecule has 5 heteroatoms.